The standard InChI is InChI=1S/C16H24N2O/c1-13(2)14(3)12-18-16(19)17-11-7-10-15-8-5-4-6-9-15/h4-6,8-9,12-13H,7,10-11H2,1-3H3,(H2,17,18,19)/b14-12+. The van der Waals surface area contributed by atoms with E-state index in [1.54, 1.807) is 6.20 Å². The van der Waals surface area contributed by atoms with Crippen molar-refractivity contribution in [2.75, 3.05) is 6.54 Å². The van der Waals surface area contributed by atoms with Crippen LogP contribution in [0.5, 0.6) is 0 Å². The zero-order chi connectivity index (χ0) is 14.1. The summed E-state index contributed by atoms with van der Waals surface area (Å²) in [5.74, 6) is 0.457. The molecule has 3 heteroatoms. The first-order valence-corrected chi connectivity index (χ1v) is 6.84. The fourth-order valence-electron chi connectivity index (χ4n) is 1.54. The molecule has 104 valence electrons. The zero-order valence-corrected chi connectivity index (χ0v) is 12.1. The Balaban J connectivity index is 2.16. The molecule has 0 radical (unpaired) electrons. The summed E-state index contributed by atoms with van der Waals surface area (Å²) in [5, 5.41) is 5.60. The monoisotopic (exact) mass is 260 g/mol. The number of benzene rings is 1. The molecular formula is C16H24N2O. The predicted molar refractivity (Wildman–Crippen MR) is 79.9 cm³/mol. The highest BCUT2D eigenvalue weighted by Crippen LogP contribution is 2.05. The summed E-state index contributed by atoms with van der Waals surface area (Å²) in [7, 11) is 0. The van der Waals surface area contributed by atoms with E-state index in [4.69, 9.17) is 0 Å². The quantitative estimate of drug-likeness (QED) is 0.755. The Bertz CT molecular complexity index is 410. The number of urea groups is 1. The summed E-state index contributed by atoms with van der Waals surface area (Å²) >= 11 is 0. The topological polar surface area (TPSA) is 41.1 Å². The van der Waals surface area contributed by atoms with Crippen LogP contribution in [0.3, 0.4) is 0 Å². The van der Waals surface area contributed by atoms with Gasteiger partial charge in [0.15, 0.2) is 0 Å². The Morgan fingerprint density at radius 3 is 2.58 bits per heavy atom. The van der Waals surface area contributed by atoms with Crippen LogP contribution in [0.25, 0.3) is 0 Å². The van der Waals surface area contributed by atoms with Gasteiger partial charge in [0.05, 0.1) is 0 Å². The number of carbonyl (C=O) groups is 1. The van der Waals surface area contributed by atoms with Crippen molar-refractivity contribution in [3.05, 3.63) is 47.7 Å². The molecule has 0 bridgehead atoms. The number of rotatable bonds is 6. The molecule has 2 amide bonds. The molecule has 0 saturated heterocycles. The minimum Gasteiger partial charge on any atom is -0.338 e. The molecular weight excluding hydrogens is 236 g/mol. The van der Waals surface area contributed by atoms with Crippen LogP contribution in [-0.4, -0.2) is 12.6 Å². The molecule has 0 saturated carbocycles. The van der Waals surface area contributed by atoms with E-state index in [9.17, 15) is 4.79 Å². The van der Waals surface area contributed by atoms with E-state index >= 15 is 0 Å². The molecule has 0 heterocycles. The third-order valence-corrected chi connectivity index (χ3v) is 3.11. The third-order valence-electron chi connectivity index (χ3n) is 3.11. The van der Waals surface area contributed by atoms with Crippen LogP contribution >= 0.6 is 0 Å². The van der Waals surface area contributed by atoms with Crippen LogP contribution < -0.4 is 10.6 Å². The van der Waals surface area contributed by atoms with Gasteiger partial charge in [-0.15, -0.1) is 0 Å². The van der Waals surface area contributed by atoms with E-state index in [0.29, 0.717) is 12.5 Å². The van der Waals surface area contributed by atoms with Gasteiger partial charge >= 0.3 is 6.03 Å². The summed E-state index contributed by atoms with van der Waals surface area (Å²) in [5.41, 5.74) is 2.47. The van der Waals surface area contributed by atoms with Gasteiger partial charge < -0.3 is 10.6 Å². The van der Waals surface area contributed by atoms with Gasteiger partial charge in [0.2, 0.25) is 0 Å². The van der Waals surface area contributed by atoms with Crippen molar-refractivity contribution in [2.45, 2.75) is 33.6 Å². The second kappa shape index (κ2) is 8.35. The van der Waals surface area contributed by atoms with Crippen molar-refractivity contribution in [1.29, 1.82) is 0 Å². The first kappa shape index (κ1) is 15.3. The Morgan fingerprint density at radius 1 is 1.26 bits per heavy atom. The largest absolute Gasteiger partial charge is 0.338 e. The number of carbonyl (C=O) groups excluding carboxylic acids is 1. The lowest BCUT2D eigenvalue weighted by Gasteiger charge is -2.07. The third kappa shape index (κ3) is 6.65. The van der Waals surface area contributed by atoms with Crippen molar-refractivity contribution in [3.8, 4) is 0 Å². The molecule has 1 rings (SSSR count). The molecule has 1 aromatic rings. The average molecular weight is 260 g/mol. The molecule has 1 aromatic carbocycles. The highest BCUT2D eigenvalue weighted by atomic mass is 16.2. The average Bonchev–Trinajstić information content (AvgIpc) is 2.42. The number of nitrogens with one attached hydrogen (secondary N) is 2. The lowest BCUT2D eigenvalue weighted by molar-refractivity contribution is 0.244. The smallest absolute Gasteiger partial charge is 0.318 e. The van der Waals surface area contributed by atoms with E-state index in [1.165, 1.54) is 11.1 Å². The second-order valence-corrected chi connectivity index (χ2v) is 5.03. The summed E-state index contributed by atoms with van der Waals surface area (Å²) in [6.45, 7) is 6.91. The van der Waals surface area contributed by atoms with Gasteiger partial charge in [-0.2, -0.15) is 0 Å². The van der Waals surface area contributed by atoms with E-state index in [0.717, 1.165) is 12.8 Å². The minimum absolute atomic E-state index is 0.131. The molecule has 2 N–H and O–H groups in total. The number of allylic oxidation sites excluding steroid dienone is 1. The lowest BCUT2D eigenvalue weighted by Crippen LogP contribution is -2.33. The number of amides is 2. The number of aryl methyl sites for hydroxylation is 1. The molecule has 0 unspecified atom stereocenters. The number of hydrogen-bond donors (Lipinski definition) is 2. The summed E-state index contributed by atoms with van der Waals surface area (Å²) in [4.78, 5) is 11.5. The lowest BCUT2D eigenvalue weighted by atomic mass is 10.1. The predicted octanol–water partition coefficient (Wildman–Crippen LogP) is 3.48. The fraction of sp³-hybridized carbons (Fsp3) is 0.438. The van der Waals surface area contributed by atoms with Crippen LogP contribution in [0.2, 0.25) is 0 Å². The summed E-state index contributed by atoms with van der Waals surface area (Å²) in [6.07, 6.45) is 3.71. The molecule has 0 aliphatic carbocycles. The van der Waals surface area contributed by atoms with Crippen LogP contribution in [0, 0.1) is 5.92 Å². The van der Waals surface area contributed by atoms with Crippen molar-refractivity contribution in [2.24, 2.45) is 5.92 Å². The highest BCUT2D eigenvalue weighted by molar-refractivity contribution is 5.74. The van der Waals surface area contributed by atoms with Crippen LogP contribution in [0.4, 0.5) is 4.79 Å². The first-order valence-electron chi connectivity index (χ1n) is 6.84. The van der Waals surface area contributed by atoms with Gasteiger partial charge in [0, 0.05) is 12.7 Å². The Kier molecular flexibility index (Phi) is 6.72. The minimum atomic E-state index is -0.131. The van der Waals surface area contributed by atoms with Crippen LogP contribution in [0.15, 0.2) is 42.1 Å². The maximum atomic E-state index is 11.5. The van der Waals surface area contributed by atoms with E-state index < -0.39 is 0 Å². The molecule has 0 aromatic heterocycles. The maximum Gasteiger partial charge on any atom is 0.318 e. The van der Waals surface area contributed by atoms with Gasteiger partial charge in [-0.25, -0.2) is 4.79 Å². The molecule has 0 spiro atoms. The Hall–Kier alpha value is -1.77. The molecule has 0 atom stereocenters. The van der Waals surface area contributed by atoms with Crippen molar-refractivity contribution in [3.63, 3.8) is 0 Å². The van der Waals surface area contributed by atoms with Crippen molar-refractivity contribution in [1.82, 2.24) is 10.6 Å². The first-order chi connectivity index (χ1) is 9.09. The maximum absolute atomic E-state index is 11.5. The normalized spacial score (nSPS) is 11.5. The van der Waals surface area contributed by atoms with E-state index in [-0.39, 0.29) is 6.03 Å². The van der Waals surface area contributed by atoms with Crippen molar-refractivity contribution >= 4 is 6.03 Å². The summed E-state index contributed by atoms with van der Waals surface area (Å²) in [6, 6.07) is 10.2. The molecule has 3 nitrogen and oxygen atoms in total. The Labute approximate surface area is 116 Å². The summed E-state index contributed by atoms with van der Waals surface area (Å²) < 4.78 is 0. The van der Waals surface area contributed by atoms with Crippen LogP contribution in [0.1, 0.15) is 32.8 Å². The van der Waals surface area contributed by atoms with Gasteiger partial charge in [-0.1, -0.05) is 49.8 Å². The number of hydrogen-bond acceptors (Lipinski definition) is 1. The fourth-order valence-corrected chi connectivity index (χ4v) is 1.54. The highest BCUT2D eigenvalue weighted by Gasteiger charge is 1.99. The molecule has 0 aliphatic heterocycles. The van der Waals surface area contributed by atoms with Gasteiger partial charge in [0.25, 0.3) is 0 Å². The van der Waals surface area contributed by atoms with Crippen molar-refractivity contribution < 1.29 is 4.79 Å². The molecule has 0 aliphatic rings. The SMILES string of the molecule is C/C(=C\NC(=O)NCCCc1ccccc1)C(C)C. The van der Waals surface area contributed by atoms with E-state index in [1.807, 2.05) is 25.1 Å². The van der Waals surface area contributed by atoms with Gasteiger partial charge in [-0.05, 0) is 31.2 Å². The van der Waals surface area contributed by atoms with E-state index in [2.05, 4.69) is 36.6 Å². The van der Waals surface area contributed by atoms with Gasteiger partial charge in [-0.3, -0.25) is 0 Å². The Morgan fingerprint density at radius 2 is 1.95 bits per heavy atom. The molecule has 19 heavy (non-hydrogen) atoms. The van der Waals surface area contributed by atoms with Crippen LogP contribution in [-0.2, 0) is 6.42 Å². The zero-order valence-electron chi connectivity index (χ0n) is 12.1. The van der Waals surface area contributed by atoms with Gasteiger partial charge in [0.1, 0.15) is 0 Å². The molecule has 0 fully saturated rings. The second-order valence-electron chi connectivity index (χ2n) is 5.03.